The molecule has 0 N–H and O–H groups in total. The van der Waals surface area contributed by atoms with Crippen LogP contribution in [0.5, 0.6) is 0 Å². The van der Waals surface area contributed by atoms with Gasteiger partial charge in [0, 0.05) is 5.88 Å². The SMILES string of the molecule is O=S(=O)([O-])CCCl.[Li+]. The van der Waals surface area contributed by atoms with Crippen LogP contribution in [0.25, 0.3) is 0 Å². The van der Waals surface area contributed by atoms with E-state index in [1.165, 1.54) is 0 Å². The standard InChI is InChI=1S/C2H5ClO3S.Li/c3-1-2-7(4,5)6;/h1-2H2,(H,4,5,6);/q;+1/p-1. The second kappa shape index (κ2) is 4.66. The summed E-state index contributed by atoms with van der Waals surface area (Å²) < 4.78 is 28.8. The molecule has 0 amide bonds. The van der Waals surface area contributed by atoms with Crippen LogP contribution >= 0.6 is 11.6 Å². The average Bonchev–Trinajstić information content (AvgIpc) is 1.30. The minimum absolute atomic E-state index is 0. The summed E-state index contributed by atoms with van der Waals surface area (Å²) in [6.07, 6.45) is 0. The fourth-order valence-electron chi connectivity index (χ4n) is 0.0945. The Morgan fingerprint density at radius 3 is 1.88 bits per heavy atom. The number of rotatable bonds is 2. The van der Waals surface area contributed by atoms with Crippen molar-refractivity contribution >= 4 is 21.7 Å². The van der Waals surface area contributed by atoms with Gasteiger partial charge in [0.1, 0.15) is 0 Å². The van der Waals surface area contributed by atoms with Gasteiger partial charge in [-0.2, -0.15) is 0 Å². The van der Waals surface area contributed by atoms with Crippen LogP contribution in [0.15, 0.2) is 0 Å². The van der Waals surface area contributed by atoms with E-state index in [1.54, 1.807) is 0 Å². The number of hydrogen-bond acceptors (Lipinski definition) is 3. The largest absolute Gasteiger partial charge is 1.00 e. The first-order valence-electron chi connectivity index (χ1n) is 1.56. The molecule has 44 valence electrons. The summed E-state index contributed by atoms with van der Waals surface area (Å²) in [4.78, 5) is 0. The summed E-state index contributed by atoms with van der Waals surface area (Å²) in [5, 5.41) is 0. The van der Waals surface area contributed by atoms with Gasteiger partial charge in [-0.05, 0) is 0 Å². The molecule has 0 bridgehead atoms. The predicted octanol–water partition coefficient (Wildman–Crippen LogP) is -3.23. The van der Waals surface area contributed by atoms with Crippen LogP contribution in [0.2, 0.25) is 0 Å². The molecular weight excluding hydrogens is 146 g/mol. The molecule has 0 heterocycles. The zero-order valence-corrected chi connectivity index (χ0v) is 6.00. The Balaban J connectivity index is 0. The molecule has 0 rings (SSSR count). The third-order valence-corrected chi connectivity index (χ3v) is 1.44. The van der Waals surface area contributed by atoms with E-state index < -0.39 is 15.9 Å². The van der Waals surface area contributed by atoms with Crippen molar-refractivity contribution in [3.05, 3.63) is 0 Å². The molecule has 0 aromatic carbocycles. The molecule has 0 radical (unpaired) electrons. The molecule has 8 heavy (non-hydrogen) atoms. The molecule has 6 heteroatoms. The van der Waals surface area contributed by atoms with Crippen molar-refractivity contribution in [2.45, 2.75) is 0 Å². The van der Waals surface area contributed by atoms with E-state index in [0.29, 0.717) is 0 Å². The zero-order valence-electron chi connectivity index (χ0n) is 4.43. The summed E-state index contributed by atoms with van der Waals surface area (Å²) in [6, 6.07) is 0. The maximum atomic E-state index is 9.59. The van der Waals surface area contributed by atoms with Gasteiger partial charge in [-0.15, -0.1) is 11.6 Å². The minimum atomic E-state index is -4.06. The van der Waals surface area contributed by atoms with Gasteiger partial charge in [0.15, 0.2) is 0 Å². The molecular formula is C2H4ClLiO3S. The average molecular weight is 151 g/mol. The molecule has 0 fully saturated rings. The number of hydrogen-bond donors (Lipinski definition) is 0. The van der Waals surface area contributed by atoms with Crippen LogP contribution < -0.4 is 18.9 Å². The van der Waals surface area contributed by atoms with Gasteiger partial charge >= 0.3 is 18.9 Å². The molecule has 0 saturated heterocycles. The Kier molecular flexibility index (Phi) is 6.74. The Hall–Kier alpha value is 0.797. The monoisotopic (exact) mass is 150 g/mol. The minimum Gasteiger partial charge on any atom is -0.748 e. The van der Waals surface area contributed by atoms with Gasteiger partial charge in [-0.25, -0.2) is 8.42 Å². The first-order chi connectivity index (χ1) is 3.06. The van der Waals surface area contributed by atoms with Gasteiger partial charge < -0.3 is 4.55 Å². The summed E-state index contributed by atoms with van der Waals surface area (Å²) in [6.45, 7) is 0. The molecule has 0 aromatic rings. The second-order valence-corrected chi connectivity index (χ2v) is 2.85. The van der Waals surface area contributed by atoms with Crippen molar-refractivity contribution in [3.63, 3.8) is 0 Å². The Labute approximate surface area is 65.3 Å². The van der Waals surface area contributed by atoms with Gasteiger partial charge in [0.25, 0.3) is 0 Å². The molecule has 0 saturated carbocycles. The van der Waals surface area contributed by atoms with E-state index in [9.17, 15) is 13.0 Å². The van der Waals surface area contributed by atoms with Crippen molar-refractivity contribution < 1.29 is 31.8 Å². The summed E-state index contributed by atoms with van der Waals surface area (Å²) >= 11 is 4.91. The Morgan fingerprint density at radius 2 is 1.88 bits per heavy atom. The van der Waals surface area contributed by atoms with Gasteiger partial charge in [0.05, 0.1) is 15.9 Å². The first kappa shape index (κ1) is 11.6. The van der Waals surface area contributed by atoms with E-state index in [0.717, 1.165) is 0 Å². The van der Waals surface area contributed by atoms with E-state index in [-0.39, 0.29) is 24.7 Å². The van der Waals surface area contributed by atoms with E-state index >= 15 is 0 Å². The fraction of sp³-hybridized carbons (Fsp3) is 1.00. The van der Waals surface area contributed by atoms with Crippen LogP contribution in [0.3, 0.4) is 0 Å². The van der Waals surface area contributed by atoms with Crippen molar-refractivity contribution in [2.24, 2.45) is 0 Å². The third kappa shape index (κ3) is 9.93. The van der Waals surface area contributed by atoms with Crippen LogP contribution in [-0.4, -0.2) is 24.6 Å². The third-order valence-electron chi connectivity index (χ3n) is 0.327. The second-order valence-electron chi connectivity index (χ2n) is 0.951. The van der Waals surface area contributed by atoms with E-state index in [2.05, 4.69) is 0 Å². The fourth-order valence-corrected chi connectivity index (χ4v) is 0.850. The number of alkyl halides is 1. The smallest absolute Gasteiger partial charge is 0.748 e. The summed E-state index contributed by atoms with van der Waals surface area (Å²) in [5.41, 5.74) is 0. The van der Waals surface area contributed by atoms with Crippen LogP contribution in [0.4, 0.5) is 0 Å². The molecule has 0 aliphatic carbocycles. The predicted molar refractivity (Wildman–Crippen MR) is 25.3 cm³/mol. The van der Waals surface area contributed by atoms with Crippen LogP contribution in [-0.2, 0) is 10.1 Å². The normalized spacial score (nSPS) is 10.2. The van der Waals surface area contributed by atoms with Crippen LogP contribution in [0.1, 0.15) is 0 Å². The number of halogens is 1. The Bertz CT molecular complexity index is 130. The van der Waals surface area contributed by atoms with E-state index in [4.69, 9.17) is 11.6 Å². The van der Waals surface area contributed by atoms with Crippen LogP contribution in [0, 0.1) is 0 Å². The zero-order chi connectivity index (χ0) is 5.91. The van der Waals surface area contributed by atoms with Gasteiger partial charge in [-0.3, -0.25) is 0 Å². The van der Waals surface area contributed by atoms with Gasteiger partial charge in [0.2, 0.25) is 0 Å². The van der Waals surface area contributed by atoms with Crippen molar-refractivity contribution in [1.82, 2.24) is 0 Å². The molecule has 0 aliphatic rings. The van der Waals surface area contributed by atoms with Crippen molar-refractivity contribution in [2.75, 3.05) is 11.6 Å². The molecule has 0 aromatic heterocycles. The molecule has 0 aliphatic heterocycles. The van der Waals surface area contributed by atoms with Crippen molar-refractivity contribution in [1.29, 1.82) is 0 Å². The molecule has 0 unspecified atom stereocenters. The first-order valence-corrected chi connectivity index (χ1v) is 3.67. The Morgan fingerprint density at radius 1 is 1.50 bits per heavy atom. The van der Waals surface area contributed by atoms with E-state index in [1.807, 2.05) is 0 Å². The van der Waals surface area contributed by atoms with Gasteiger partial charge in [-0.1, -0.05) is 0 Å². The molecule has 0 spiro atoms. The summed E-state index contributed by atoms with van der Waals surface area (Å²) in [5.74, 6) is -0.597. The topological polar surface area (TPSA) is 57.2 Å². The molecule has 3 nitrogen and oxygen atoms in total. The summed E-state index contributed by atoms with van der Waals surface area (Å²) in [7, 11) is -4.06. The quantitative estimate of drug-likeness (QED) is 0.236. The maximum Gasteiger partial charge on any atom is 1.00 e. The maximum absolute atomic E-state index is 9.59. The van der Waals surface area contributed by atoms with Crippen molar-refractivity contribution in [3.8, 4) is 0 Å². The molecule has 0 atom stereocenters.